The van der Waals surface area contributed by atoms with Crippen molar-refractivity contribution in [1.82, 2.24) is 5.32 Å². The summed E-state index contributed by atoms with van der Waals surface area (Å²) in [6, 6.07) is 5.25. The summed E-state index contributed by atoms with van der Waals surface area (Å²) in [6.45, 7) is 0. The number of anilines is 1. The molecule has 8 heteroatoms. The van der Waals surface area contributed by atoms with Crippen molar-refractivity contribution in [2.24, 2.45) is 5.92 Å². The van der Waals surface area contributed by atoms with Gasteiger partial charge in [0.1, 0.15) is 0 Å². The predicted octanol–water partition coefficient (Wildman–Crippen LogP) is 2.64. The lowest BCUT2D eigenvalue weighted by molar-refractivity contribution is -0.124. The molecule has 2 N–H and O–H groups in total. The van der Waals surface area contributed by atoms with E-state index in [1.54, 1.807) is 7.05 Å². The van der Waals surface area contributed by atoms with Crippen LogP contribution in [-0.4, -0.2) is 28.7 Å². The molecule has 0 heterocycles. The lowest BCUT2D eigenvalue weighted by Crippen LogP contribution is -2.36. The molecule has 22 heavy (non-hydrogen) atoms. The molecular weight excluding hydrogens is 317 g/mol. The fourth-order valence-corrected chi connectivity index (χ4v) is 3.31. The largest absolute Gasteiger partial charge is 0.475 e. The van der Waals surface area contributed by atoms with Crippen molar-refractivity contribution in [1.29, 1.82) is 0 Å². The summed E-state index contributed by atoms with van der Waals surface area (Å²) in [5.74, 6) is -0.182. The Hall–Kier alpha value is -1.57. The topological polar surface area (TPSA) is 58.2 Å². The lowest BCUT2D eigenvalue weighted by Gasteiger charge is -2.21. The highest BCUT2D eigenvalue weighted by atomic mass is 32.2. The van der Waals surface area contributed by atoms with Crippen LogP contribution in [0.1, 0.15) is 19.3 Å². The lowest BCUT2D eigenvalue weighted by atomic mass is 10.0. The van der Waals surface area contributed by atoms with Crippen LogP contribution in [0, 0.1) is 5.92 Å². The summed E-state index contributed by atoms with van der Waals surface area (Å²) in [4.78, 5) is 11.5. The molecule has 1 aromatic rings. The van der Waals surface area contributed by atoms with Crippen molar-refractivity contribution in [2.75, 3.05) is 12.4 Å². The van der Waals surface area contributed by atoms with Gasteiger partial charge in [0, 0.05) is 23.7 Å². The summed E-state index contributed by atoms with van der Waals surface area (Å²) in [6.07, 6.45) is 2.54. The zero-order chi connectivity index (χ0) is 16.3. The minimum Gasteiger partial charge on any atom is -0.382 e. The van der Waals surface area contributed by atoms with E-state index in [1.165, 1.54) is 24.3 Å². The van der Waals surface area contributed by atoms with E-state index in [0.717, 1.165) is 19.3 Å². The van der Waals surface area contributed by atoms with Crippen molar-refractivity contribution < 1.29 is 22.2 Å². The molecule has 0 bridgehead atoms. The van der Waals surface area contributed by atoms with Gasteiger partial charge in [0.25, 0.3) is 0 Å². The van der Waals surface area contributed by atoms with Crippen molar-refractivity contribution in [2.45, 2.75) is 35.7 Å². The second kappa shape index (κ2) is 6.68. The molecule has 122 valence electrons. The van der Waals surface area contributed by atoms with E-state index in [0.29, 0.717) is 5.69 Å². The highest BCUT2D eigenvalue weighted by Gasteiger charge is 2.38. The molecule has 1 aliphatic carbocycles. The third-order valence-electron chi connectivity index (χ3n) is 3.73. The van der Waals surface area contributed by atoms with Gasteiger partial charge in [-0.25, -0.2) is 4.21 Å². The van der Waals surface area contributed by atoms with Crippen LogP contribution in [0.2, 0.25) is 0 Å². The van der Waals surface area contributed by atoms with Crippen LogP contribution in [0.3, 0.4) is 0 Å². The number of halogens is 3. The highest BCUT2D eigenvalue weighted by molar-refractivity contribution is 7.86. The molecule has 1 saturated carbocycles. The molecule has 0 spiro atoms. The first-order chi connectivity index (χ1) is 10.3. The van der Waals surface area contributed by atoms with Crippen molar-refractivity contribution in [3.63, 3.8) is 0 Å². The number of benzene rings is 1. The van der Waals surface area contributed by atoms with Crippen LogP contribution >= 0.6 is 0 Å². The van der Waals surface area contributed by atoms with Crippen LogP contribution in [-0.2, 0) is 15.6 Å². The van der Waals surface area contributed by atoms with Gasteiger partial charge in [0.2, 0.25) is 5.91 Å². The van der Waals surface area contributed by atoms with Crippen LogP contribution in [0.15, 0.2) is 29.2 Å². The number of hydrogen-bond acceptors (Lipinski definition) is 3. The summed E-state index contributed by atoms with van der Waals surface area (Å²) in [7, 11) is -1.44. The maximum atomic E-state index is 12.4. The Morgan fingerprint density at radius 2 is 1.86 bits per heavy atom. The van der Waals surface area contributed by atoms with E-state index >= 15 is 0 Å². The van der Waals surface area contributed by atoms with E-state index in [-0.39, 0.29) is 22.8 Å². The molecule has 3 unspecified atom stereocenters. The van der Waals surface area contributed by atoms with Crippen LogP contribution < -0.4 is 10.6 Å². The fraction of sp³-hybridized carbons (Fsp3) is 0.500. The molecule has 0 aliphatic heterocycles. The van der Waals surface area contributed by atoms with Crippen molar-refractivity contribution in [3.05, 3.63) is 24.3 Å². The first kappa shape index (κ1) is 16.8. The third kappa shape index (κ3) is 3.79. The number of carbonyl (C=O) groups excluding carboxylic acids is 1. The van der Waals surface area contributed by atoms with E-state index in [4.69, 9.17) is 0 Å². The first-order valence-corrected chi connectivity index (χ1v) is 8.04. The Kier molecular flexibility index (Phi) is 5.10. The molecule has 2 rings (SSSR count). The summed E-state index contributed by atoms with van der Waals surface area (Å²) < 4.78 is 48.4. The summed E-state index contributed by atoms with van der Waals surface area (Å²) >= 11 is 0. The molecule has 0 saturated heterocycles. The molecule has 4 nitrogen and oxygen atoms in total. The fourth-order valence-electron chi connectivity index (χ4n) is 2.65. The zero-order valence-electron chi connectivity index (χ0n) is 11.9. The number of nitrogens with one attached hydrogen (secondary N) is 2. The summed E-state index contributed by atoms with van der Waals surface area (Å²) in [5.41, 5.74) is -4.14. The highest BCUT2D eigenvalue weighted by Crippen LogP contribution is 2.30. The second-order valence-corrected chi connectivity index (χ2v) is 6.61. The van der Waals surface area contributed by atoms with E-state index in [1.807, 2.05) is 0 Å². The van der Waals surface area contributed by atoms with Gasteiger partial charge in [-0.05, 0) is 37.1 Å². The van der Waals surface area contributed by atoms with Gasteiger partial charge in [0.15, 0.2) is 10.8 Å². The van der Waals surface area contributed by atoms with Gasteiger partial charge >= 0.3 is 5.51 Å². The molecular formula is C14H17F3N2O2S. The average Bonchev–Trinajstić information content (AvgIpc) is 2.93. The Labute approximate surface area is 128 Å². The van der Waals surface area contributed by atoms with Gasteiger partial charge in [-0.2, -0.15) is 13.2 Å². The van der Waals surface area contributed by atoms with Crippen LogP contribution in [0.4, 0.5) is 18.9 Å². The van der Waals surface area contributed by atoms with Gasteiger partial charge in [-0.1, -0.05) is 6.42 Å². The number of carbonyl (C=O) groups is 1. The number of hydrogen-bond donors (Lipinski definition) is 2. The van der Waals surface area contributed by atoms with Crippen LogP contribution in [0.25, 0.3) is 0 Å². The standard InChI is InChI=1S/C14H17F3N2O2S/c1-18-13(20)11-3-2-4-12(11)19-9-5-7-10(8-6-9)22(21)14(15,16)17/h5-8,11-12,19H,2-4H2,1H3,(H,18,20). The van der Waals surface area contributed by atoms with Gasteiger partial charge in [-0.3, -0.25) is 4.79 Å². The molecule has 1 fully saturated rings. The van der Waals surface area contributed by atoms with Crippen molar-refractivity contribution in [3.8, 4) is 0 Å². The Balaban J connectivity index is 2.05. The minimum atomic E-state index is -4.76. The SMILES string of the molecule is CNC(=O)C1CCCC1Nc1ccc(S(=O)C(F)(F)F)cc1. The second-order valence-electron chi connectivity index (χ2n) is 5.14. The normalized spacial score (nSPS) is 23.1. The smallest absolute Gasteiger partial charge is 0.382 e. The number of amides is 1. The number of alkyl halides is 3. The van der Waals surface area contributed by atoms with Gasteiger partial charge in [0.05, 0.1) is 5.92 Å². The average molecular weight is 334 g/mol. The van der Waals surface area contributed by atoms with Gasteiger partial charge < -0.3 is 10.6 Å². The maximum absolute atomic E-state index is 12.4. The molecule has 1 aromatic carbocycles. The molecule has 1 aliphatic rings. The van der Waals surface area contributed by atoms with Crippen molar-refractivity contribution >= 4 is 22.4 Å². The minimum absolute atomic E-state index is 0.0372. The zero-order valence-corrected chi connectivity index (χ0v) is 12.8. The third-order valence-corrected chi connectivity index (χ3v) is 4.85. The Morgan fingerprint density at radius 1 is 1.23 bits per heavy atom. The first-order valence-electron chi connectivity index (χ1n) is 6.89. The predicted molar refractivity (Wildman–Crippen MR) is 77.7 cm³/mol. The van der Waals surface area contributed by atoms with E-state index in [9.17, 15) is 22.2 Å². The summed E-state index contributed by atoms with van der Waals surface area (Å²) in [5, 5.41) is 5.79. The Morgan fingerprint density at radius 3 is 2.41 bits per heavy atom. The molecule has 0 aromatic heterocycles. The maximum Gasteiger partial charge on any atom is 0.475 e. The van der Waals surface area contributed by atoms with Gasteiger partial charge in [-0.15, -0.1) is 0 Å². The monoisotopic (exact) mass is 334 g/mol. The van der Waals surface area contributed by atoms with E-state index < -0.39 is 16.3 Å². The number of rotatable bonds is 4. The Bertz CT molecular complexity index is 560. The van der Waals surface area contributed by atoms with Crippen LogP contribution in [0.5, 0.6) is 0 Å². The molecule has 0 radical (unpaired) electrons. The molecule has 1 amide bonds. The quantitative estimate of drug-likeness (QED) is 0.890. The molecule has 3 atom stereocenters. The van der Waals surface area contributed by atoms with E-state index in [2.05, 4.69) is 10.6 Å².